The molecule has 0 radical (unpaired) electrons. The highest BCUT2D eigenvalue weighted by Gasteiger charge is 2.18. The summed E-state index contributed by atoms with van der Waals surface area (Å²) in [7, 11) is 0. The van der Waals surface area contributed by atoms with Crippen molar-refractivity contribution in [2.45, 2.75) is 38.4 Å². The maximum absolute atomic E-state index is 12.0. The summed E-state index contributed by atoms with van der Waals surface area (Å²) in [5.74, 6) is -0.580. The molecule has 1 atom stereocenters. The number of benzene rings is 2. The molecule has 25 heavy (non-hydrogen) atoms. The van der Waals surface area contributed by atoms with E-state index in [0.29, 0.717) is 0 Å². The summed E-state index contributed by atoms with van der Waals surface area (Å²) < 4.78 is 5.18. The van der Waals surface area contributed by atoms with Crippen LogP contribution in [-0.2, 0) is 22.6 Å². The van der Waals surface area contributed by atoms with E-state index < -0.39 is 12.1 Å². The Kier molecular flexibility index (Phi) is 6.07. The topological polar surface area (TPSA) is 49.8 Å². The molecular weight excluding hydrogens is 314 g/mol. The molecule has 3 rings (SSSR count). The zero-order valence-electron chi connectivity index (χ0n) is 14.4. The molecule has 0 saturated carbocycles. The lowest BCUT2D eigenvalue weighted by Crippen LogP contribution is -2.29. The summed E-state index contributed by atoms with van der Waals surface area (Å²) in [6.45, 7) is 2.40. The smallest absolute Gasteiger partial charge is 0.335 e. The van der Waals surface area contributed by atoms with Crippen LogP contribution >= 0.6 is 0 Å². The van der Waals surface area contributed by atoms with Crippen LogP contribution in [0.25, 0.3) is 0 Å². The highest BCUT2D eigenvalue weighted by Crippen LogP contribution is 2.20. The first-order valence-electron chi connectivity index (χ1n) is 8.95. The second kappa shape index (κ2) is 8.67. The number of hydrogen-bond donors (Lipinski definition) is 1. The van der Waals surface area contributed by atoms with Crippen molar-refractivity contribution in [1.82, 2.24) is 0 Å². The third-order valence-electron chi connectivity index (χ3n) is 4.58. The number of aliphatic hydroxyl groups is 1. The average Bonchev–Trinajstić information content (AvgIpc) is 2.68. The van der Waals surface area contributed by atoms with Crippen LogP contribution in [-0.4, -0.2) is 30.3 Å². The van der Waals surface area contributed by atoms with Gasteiger partial charge >= 0.3 is 5.97 Å². The van der Waals surface area contributed by atoms with Crippen LogP contribution < -0.4 is 4.90 Å². The quantitative estimate of drug-likeness (QED) is 0.820. The molecule has 2 aromatic rings. The minimum absolute atomic E-state index is 0.185. The molecule has 0 aliphatic carbocycles. The molecule has 4 nitrogen and oxygen atoms in total. The SMILES string of the molecule is O=C(OCc1ccccc1)[C@H](O)Cc1ccc(N2CCCCC2)cc1. The first-order valence-corrected chi connectivity index (χ1v) is 8.95. The Morgan fingerprint density at radius 1 is 0.960 bits per heavy atom. The molecule has 0 aromatic heterocycles. The van der Waals surface area contributed by atoms with E-state index in [9.17, 15) is 9.90 Å². The number of ether oxygens (including phenoxy) is 1. The number of nitrogens with zero attached hydrogens (tertiary/aromatic N) is 1. The van der Waals surface area contributed by atoms with Gasteiger partial charge in [0.2, 0.25) is 0 Å². The third kappa shape index (κ3) is 5.07. The zero-order chi connectivity index (χ0) is 17.5. The van der Waals surface area contributed by atoms with E-state index >= 15 is 0 Å². The molecule has 4 heteroatoms. The van der Waals surface area contributed by atoms with Crippen LogP contribution in [0.5, 0.6) is 0 Å². The van der Waals surface area contributed by atoms with Gasteiger partial charge in [0.15, 0.2) is 6.10 Å². The van der Waals surface area contributed by atoms with Crippen molar-refractivity contribution in [2.24, 2.45) is 0 Å². The molecule has 132 valence electrons. The van der Waals surface area contributed by atoms with Gasteiger partial charge in [-0.3, -0.25) is 0 Å². The van der Waals surface area contributed by atoms with Crippen LogP contribution in [0.1, 0.15) is 30.4 Å². The van der Waals surface area contributed by atoms with Crippen molar-refractivity contribution >= 4 is 11.7 Å². The number of rotatable bonds is 6. The average molecular weight is 339 g/mol. The summed E-state index contributed by atoms with van der Waals surface area (Å²) in [5, 5.41) is 10.1. The van der Waals surface area contributed by atoms with E-state index in [2.05, 4.69) is 17.0 Å². The molecule has 1 heterocycles. The maximum atomic E-state index is 12.0. The summed E-state index contributed by atoms with van der Waals surface area (Å²) >= 11 is 0. The lowest BCUT2D eigenvalue weighted by molar-refractivity contribution is -0.154. The van der Waals surface area contributed by atoms with Crippen molar-refractivity contribution in [2.75, 3.05) is 18.0 Å². The number of aliphatic hydroxyl groups excluding tert-OH is 1. The van der Waals surface area contributed by atoms with Gasteiger partial charge in [0.05, 0.1) is 0 Å². The third-order valence-corrected chi connectivity index (χ3v) is 4.58. The molecule has 1 saturated heterocycles. The second-order valence-electron chi connectivity index (χ2n) is 6.53. The molecular formula is C21H25NO3. The first kappa shape index (κ1) is 17.5. The van der Waals surface area contributed by atoms with Crippen molar-refractivity contribution < 1.29 is 14.6 Å². The Bertz CT molecular complexity index is 663. The highest BCUT2D eigenvalue weighted by molar-refractivity contribution is 5.74. The van der Waals surface area contributed by atoms with E-state index in [1.54, 1.807) is 0 Å². The molecule has 1 aliphatic rings. The van der Waals surface area contributed by atoms with E-state index in [1.165, 1.54) is 24.9 Å². The van der Waals surface area contributed by atoms with E-state index in [1.807, 2.05) is 42.5 Å². The molecule has 1 N–H and O–H groups in total. The number of anilines is 1. The lowest BCUT2D eigenvalue weighted by atomic mass is 10.1. The van der Waals surface area contributed by atoms with Crippen molar-refractivity contribution in [1.29, 1.82) is 0 Å². The van der Waals surface area contributed by atoms with Gasteiger partial charge in [-0.15, -0.1) is 0 Å². The van der Waals surface area contributed by atoms with Crippen LogP contribution in [0.2, 0.25) is 0 Å². The summed E-state index contributed by atoms with van der Waals surface area (Å²) in [5.41, 5.74) is 3.06. The van der Waals surface area contributed by atoms with Crippen LogP contribution in [0, 0.1) is 0 Å². The van der Waals surface area contributed by atoms with E-state index in [0.717, 1.165) is 24.2 Å². The molecule has 0 amide bonds. The lowest BCUT2D eigenvalue weighted by Gasteiger charge is -2.28. The van der Waals surface area contributed by atoms with Crippen molar-refractivity contribution in [3.05, 3.63) is 65.7 Å². The summed E-state index contributed by atoms with van der Waals surface area (Å²) in [6.07, 6.45) is 2.94. The van der Waals surface area contributed by atoms with Crippen LogP contribution in [0.3, 0.4) is 0 Å². The Hall–Kier alpha value is -2.33. The zero-order valence-corrected chi connectivity index (χ0v) is 14.4. The predicted molar refractivity (Wildman–Crippen MR) is 98.5 cm³/mol. The molecule has 0 bridgehead atoms. The monoisotopic (exact) mass is 339 g/mol. The summed E-state index contributed by atoms with van der Waals surface area (Å²) in [6, 6.07) is 17.6. The predicted octanol–water partition coefficient (Wildman–Crippen LogP) is 3.32. The minimum Gasteiger partial charge on any atom is -0.459 e. The van der Waals surface area contributed by atoms with Gasteiger partial charge in [-0.1, -0.05) is 42.5 Å². The van der Waals surface area contributed by atoms with Crippen molar-refractivity contribution in [3.8, 4) is 0 Å². The van der Waals surface area contributed by atoms with Gasteiger partial charge in [0.1, 0.15) is 6.61 Å². The Morgan fingerprint density at radius 2 is 1.64 bits per heavy atom. The van der Waals surface area contributed by atoms with Crippen LogP contribution in [0.4, 0.5) is 5.69 Å². The van der Waals surface area contributed by atoms with Crippen molar-refractivity contribution in [3.63, 3.8) is 0 Å². The fourth-order valence-corrected chi connectivity index (χ4v) is 3.13. The number of hydrogen-bond acceptors (Lipinski definition) is 4. The van der Waals surface area contributed by atoms with Gasteiger partial charge in [-0.2, -0.15) is 0 Å². The first-order chi connectivity index (χ1) is 12.2. The fraction of sp³-hybridized carbons (Fsp3) is 0.381. The van der Waals surface area contributed by atoms with Crippen LogP contribution in [0.15, 0.2) is 54.6 Å². The highest BCUT2D eigenvalue weighted by atomic mass is 16.5. The number of piperidine rings is 1. The molecule has 0 unspecified atom stereocenters. The largest absolute Gasteiger partial charge is 0.459 e. The Balaban J connectivity index is 1.49. The van der Waals surface area contributed by atoms with Gasteiger partial charge in [0, 0.05) is 25.2 Å². The van der Waals surface area contributed by atoms with E-state index in [4.69, 9.17) is 4.74 Å². The Labute approximate surface area is 149 Å². The normalized spacial score (nSPS) is 15.6. The standard InChI is InChI=1S/C21H25NO3/c23-20(21(24)25-16-18-7-3-1-4-8-18)15-17-9-11-19(12-10-17)22-13-5-2-6-14-22/h1,3-4,7-12,20,23H,2,5-6,13-16H2/t20-/m1/s1. The minimum atomic E-state index is -1.13. The molecule has 1 aliphatic heterocycles. The fourth-order valence-electron chi connectivity index (χ4n) is 3.13. The van der Waals surface area contributed by atoms with Gasteiger partial charge in [0.25, 0.3) is 0 Å². The number of carbonyl (C=O) groups is 1. The van der Waals surface area contributed by atoms with Gasteiger partial charge < -0.3 is 14.7 Å². The molecule has 2 aromatic carbocycles. The number of esters is 1. The molecule has 1 fully saturated rings. The second-order valence-corrected chi connectivity index (χ2v) is 6.53. The van der Waals surface area contributed by atoms with Gasteiger partial charge in [-0.25, -0.2) is 4.79 Å². The van der Waals surface area contributed by atoms with Gasteiger partial charge in [-0.05, 0) is 42.5 Å². The van der Waals surface area contributed by atoms with E-state index in [-0.39, 0.29) is 13.0 Å². The molecule has 0 spiro atoms. The maximum Gasteiger partial charge on any atom is 0.335 e. The summed E-state index contributed by atoms with van der Waals surface area (Å²) in [4.78, 5) is 14.3. The number of carbonyl (C=O) groups excluding carboxylic acids is 1. The Morgan fingerprint density at radius 3 is 2.32 bits per heavy atom.